The van der Waals surface area contributed by atoms with Crippen LogP contribution in [0.2, 0.25) is 0 Å². The summed E-state index contributed by atoms with van der Waals surface area (Å²) in [6.45, 7) is 4.90. The van der Waals surface area contributed by atoms with E-state index in [1.54, 1.807) is 0 Å². The highest BCUT2D eigenvalue weighted by Gasteiger charge is 2.20. The predicted octanol–water partition coefficient (Wildman–Crippen LogP) is 18.4. The second-order valence-electron chi connectivity index (χ2n) is 20.3. The fourth-order valence-corrected chi connectivity index (χ4v) is 9.08. The number of carbonyl (C=O) groups is 2. The normalized spacial score (nSPS) is 12.8. The third-order valence-corrected chi connectivity index (χ3v) is 13.7. The first-order valence-electron chi connectivity index (χ1n) is 29.7. The third kappa shape index (κ3) is 53.3. The van der Waals surface area contributed by atoms with Crippen molar-refractivity contribution in [3.63, 3.8) is 0 Å². The summed E-state index contributed by atoms with van der Waals surface area (Å²) in [5, 5.41) is 23.3. The van der Waals surface area contributed by atoms with Gasteiger partial charge in [-0.1, -0.05) is 256 Å². The molecule has 0 aromatic heterocycles. The van der Waals surface area contributed by atoms with E-state index in [2.05, 4.69) is 55.6 Å². The first-order valence-corrected chi connectivity index (χ1v) is 29.7. The molecule has 0 aromatic rings. The van der Waals surface area contributed by atoms with Crippen molar-refractivity contribution in [1.29, 1.82) is 0 Å². The van der Waals surface area contributed by atoms with Gasteiger partial charge in [0.1, 0.15) is 0 Å². The van der Waals surface area contributed by atoms with Crippen molar-refractivity contribution in [1.82, 2.24) is 5.32 Å². The van der Waals surface area contributed by atoms with Crippen LogP contribution in [0, 0.1) is 0 Å². The molecular formula is C61H115NO5. The van der Waals surface area contributed by atoms with Crippen molar-refractivity contribution in [2.45, 2.75) is 328 Å². The number of allylic oxidation sites excluding steroid dienone is 6. The van der Waals surface area contributed by atoms with Crippen molar-refractivity contribution < 1.29 is 24.5 Å². The van der Waals surface area contributed by atoms with Gasteiger partial charge in [0.25, 0.3) is 0 Å². The number of aliphatic hydroxyl groups is 2. The molecule has 6 heteroatoms. The molecule has 0 saturated carbocycles. The van der Waals surface area contributed by atoms with Gasteiger partial charge in [0.15, 0.2) is 0 Å². The Hall–Kier alpha value is -1.92. The number of aliphatic hydroxyl groups excluding tert-OH is 2. The lowest BCUT2D eigenvalue weighted by atomic mass is 10.0. The van der Waals surface area contributed by atoms with Crippen LogP contribution in [-0.2, 0) is 14.3 Å². The standard InChI is InChI=1S/C61H115NO5/c1-3-5-7-9-11-13-15-17-19-21-22-23-27-31-35-39-43-47-51-55-61(66)67-56-52-48-44-40-36-32-28-24-26-30-34-38-42-46-50-54-60(65)62-58(57-63)59(64)53-49-45-41-37-33-29-25-20-18-16-14-12-10-8-6-4-2/h11,13,17,19,28,32,58-59,63-64H,3-10,12,14-16,18,20-27,29-31,33-57H2,1-2H3,(H,62,65)/b13-11-,19-17-,32-28-. The molecule has 1 amide bonds. The summed E-state index contributed by atoms with van der Waals surface area (Å²) >= 11 is 0. The Morgan fingerprint density at radius 1 is 0.418 bits per heavy atom. The predicted molar refractivity (Wildman–Crippen MR) is 292 cm³/mol. The summed E-state index contributed by atoms with van der Waals surface area (Å²) in [5.41, 5.74) is 0. The van der Waals surface area contributed by atoms with Crippen molar-refractivity contribution >= 4 is 11.9 Å². The fraction of sp³-hybridized carbons (Fsp3) is 0.869. The van der Waals surface area contributed by atoms with Crippen molar-refractivity contribution in [2.24, 2.45) is 0 Å². The van der Waals surface area contributed by atoms with Crippen LogP contribution in [0.3, 0.4) is 0 Å². The lowest BCUT2D eigenvalue weighted by Gasteiger charge is -2.22. The minimum atomic E-state index is -0.675. The Morgan fingerprint density at radius 3 is 1.18 bits per heavy atom. The van der Waals surface area contributed by atoms with Crippen LogP contribution in [0.15, 0.2) is 36.5 Å². The first-order chi connectivity index (χ1) is 33.0. The topological polar surface area (TPSA) is 95.9 Å². The molecule has 0 aromatic carbocycles. The summed E-state index contributed by atoms with van der Waals surface area (Å²) in [6, 6.07) is -0.554. The van der Waals surface area contributed by atoms with Gasteiger partial charge < -0.3 is 20.3 Å². The molecule has 0 saturated heterocycles. The number of esters is 1. The van der Waals surface area contributed by atoms with Crippen LogP contribution < -0.4 is 5.32 Å². The molecule has 0 aliphatic heterocycles. The average molecular weight is 943 g/mol. The average Bonchev–Trinajstić information content (AvgIpc) is 3.33. The molecule has 0 rings (SSSR count). The summed E-state index contributed by atoms with van der Waals surface area (Å²) in [6.07, 6.45) is 69.9. The Balaban J connectivity index is 3.46. The second-order valence-corrected chi connectivity index (χ2v) is 20.3. The fourth-order valence-electron chi connectivity index (χ4n) is 9.08. The molecule has 3 N–H and O–H groups in total. The molecule has 0 radical (unpaired) electrons. The summed E-state index contributed by atoms with van der Waals surface area (Å²) in [7, 11) is 0. The summed E-state index contributed by atoms with van der Waals surface area (Å²) in [5.74, 6) is -0.0628. The van der Waals surface area contributed by atoms with Gasteiger partial charge in [-0.25, -0.2) is 0 Å². The SMILES string of the molecule is CCCCC/C=C\C/C=C\CCCCCCCCCCCC(=O)OCCCCCC/C=C\CCCCCCCCCC(=O)NC(CO)C(O)CCCCCCCCCCCCCCCCCC. The van der Waals surface area contributed by atoms with Gasteiger partial charge in [0.2, 0.25) is 5.91 Å². The van der Waals surface area contributed by atoms with Gasteiger partial charge in [-0.05, 0) is 83.5 Å². The molecule has 394 valence electrons. The molecule has 6 nitrogen and oxygen atoms in total. The van der Waals surface area contributed by atoms with E-state index >= 15 is 0 Å². The first kappa shape index (κ1) is 65.1. The Bertz CT molecular complexity index is 1090. The van der Waals surface area contributed by atoms with Crippen LogP contribution in [0.25, 0.3) is 0 Å². The van der Waals surface area contributed by atoms with Crippen LogP contribution in [0.5, 0.6) is 0 Å². The third-order valence-electron chi connectivity index (χ3n) is 13.7. The van der Waals surface area contributed by atoms with E-state index in [0.29, 0.717) is 25.9 Å². The van der Waals surface area contributed by atoms with Gasteiger partial charge in [-0.3, -0.25) is 9.59 Å². The number of rotatable bonds is 55. The number of nitrogens with one attached hydrogen (secondary N) is 1. The van der Waals surface area contributed by atoms with Crippen LogP contribution in [-0.4, -0.2) is 47.4 Å². The van der Waals surface area contributed by atoms with Gasteiger partial charge in [0, 0.05) is 12.8 Å². The maximum atomic E-state index is 12.5. The van der Waals surface area contributed by atoms with E-state index in [4.69, 9.17) is 4.74 Å². The molecule has 0 aliphatic carbocycles. The van der Waals surface area contributed by atoms with Gasteiger partial charge in [-0.2, -0.15) is 0 Å². The van der Waals surface area contributed by atoms with E-state index < -0.39 is 12.1 Å². The van der Waals surface area contributed by atoms with E-state index in [-0.39, 0.29) is 18.5 Å². The minimum Gasteiger partial charge on any atom is -0.466 e. The molecule has 0 heterocycles. The van der Waals surface area contributed by atoms with Crippen LogP contribution in [0.4, 0.5) is 0 Å². The molecule has 0 fully saturated rings. The van der Waals surface area contributed by atoms with Gasteiger partial charge in [-0.15, -0.1) is 0 Å². The Labute approximate surface area is 417 Å². The Morgan fingerprint density at radius 2 is 0.746 bits per heavy atom. The minimum absolute atomic E-state index is 0.0137. The largest absolute Gasteiger partial charge is 0.466 e. The van der Waals surface area contributed by atoms with E-state index in [9.17, 15) is 19.8 Å². The highest BCUT2D eigenvalue weighted by molar-refractivity contribution is 5.76. The number of carbonyl (C=O) groups excluding carboxylic acids is 2. The van der Waals surface area contributed by atoms with Gasteiger partial charge >= 0.3 is 5.97 Å². The zero-order valence-corrected chi connectivity index (χ0v) is 44.9. The maximum absolute atomic E-state index is 12.5. The molecular weight excluding hydrogens is 827 g/mol. The number of ether oxygens (including phenoxy) is 1. The van der Waals surface area contributed by atoms with Crippen LogP contribution in [0.1, 0.15) is 316 Å². The molecule has 0 aliphatic rings. The molecule has 2 unspecified atom stereocenters. The van der Waals surface area contributed by atoms with Gasteiger partial charge in [0.05, 0.1) is 25.4 Å². The number of hydrogen-bond donors (Lipinski definition) is 3. The van der Waals surface area contributed by atoms with Crippen LogP contribution >= 0.6 is 0 Å². The lowest BCUT2D eigenvalue weighted by molar-refractivity contribution is -0.143. The van der Waals surface area contributed by atoms with E-state index in [1.807, 2.05) is 0 Å². The number of amides is 1. The van der Waals surface area contributed by atoms with E-state index in [0.717, 1.165) is 77.0 Å². The maximum Gasteiger partial charge on any atom is 0.305 e. The Kier molecular flexibility index (Phi) is 55.0. The summed E-state index contributed by atoms with van der Waals surface area (Å²) in [4.78, 5) is 24.6. The second kappa shape index (κ2) is 56.7. The highest BCUT2D eigenvalue weighted by Crippen LogP contribution is 2.17. The summed E-state index contributed by atoms with van der Waals surface area (Å²) < 4.78 is 5.48. The van der Waals surface area contributed by atoms with E-state index in [1.165, 1.54) is 205 Å². The quantitative estimate of drug-likeness (QED) is 0.0321. The number of hydrogen-bond acceptors (Lipinski definition) is 5. The van der Waals surface area contributed by atoms with Crippen molar-refractivity contribution in [3.05, 3.63) is 36.5 Å². The zero-order valence-electron chi connectivity index (χ0n) is 44.9. The highest BCUT2D eigenvalue weighted by atomic mass is 16.5. The molecule has 0 spiro atoms. The molecule has 0 bridgehead atoms. The van der Waals surface area contributed by atoms with Crippen molar-refractivity contribution in [3.8, 4) is 0 Å². The smallest absolute Gasteiger partial charge is 0.305 e. The zero-order chi connectivity index (χ0) is 48.6. The van der Waals surface area contributed by atoms with Crippen molar-refractivity contribution in [2.75, 3.05) is 13.2 Å². The number of unbranched alkanes of at least 4 members (excludes halogenated alkanes) is 38. The molecule has 67 heavy (non-hydrogen) atoms. The lowest BCUT2D eigenvalue weighted by Crippen LogP contribution is -2.45. The molecule has 2 atom stereocenters. The monoisotopic (exact) mass is 942 g/mol.